The highest BCUT2D eigenvalue weighted by Gasteiger charge is 2.45. The minimum Gasteiger partial charge on any atom is -0.350 e. The second-order valence-electron chi connectivity index (χ2n) is 11.1. The van der Waals surface area contributed by atoms with E-state index in [1.165, 1.54) is 48.4 Å². The number of hydrogen-bond acceptors (Lipinski definition) is 2. The lowest BCUT2D eigenvalue weighted by molar-refractivity contribution is -0.134. The number of carbonyl (C=O) groups excluding carboxylic acids is 2. The van der Waals surface area contributed by atoms with Crippen LogP contribution < -0.4 is 5.32 Å². The minimum atomic E-state index is -0.306. The molecule has 4 bridgehead atoms. The molecular formula is C28H34N2O2. The highest BCUT2D eigenvalue weighted by atomic mass is 16.2. The summed E-state index contributed by atoms with van der Waals surface area (Å²) in [6, 6.07) is 15.4. The highest BCUT2D eigenvalue weighted by molar-refractivity contribution is 5.86. The second kappa shape index (κ2) is 7.90. The molecule has 7 rings (SSSR count). The molecule has 5 aliphatic rings. The topological polar surface area (TPSA) is 49.4 Å². The number of fused-ring (bicyclic) bond motifs is 2. The predicted octanol–water partition coefficient (Wildman–Crippen LogP) is 4.85. The molecule has 2 aliphatic carbocycles. The van der Waals surface area contributed by atoms with Gasteiger partial charge < -0.3 is 10.2 Å². The van der Waals surface area contributed by atoms with Crippen LogP contribution in [-0.4, -0.2) is 34.8 Å². The molecule has 2 aromatic carbocycles. The molecule has 4 nitrogen and oxygen atoms in total. The number of amides is 2. The molecule has 2 saturated carbocycles. The average molecular weight is 431 g/mol. The SMILES string of the molecule is O=C1CC[C@](CCC(=O)N2CC3C[C@@H]4CC2C[C@H](C3)C4)(Cc2cccc3ccccc23)N1. The van der Waals surface area contributed by atoms with E-state index in [0.717, 1.165) is 37.6 Å². The van der Waals surface area contributed by atoms with Crippen LogP contribution in [0.1, 0.15) is 63.4 Å². The van der Waals surface area contributed by atoms with Crippen LogP contribution in [0.15, 0.2) is 42.5 Å². The highest BCUT2D eigenvalue weighted by Crippen LogP contribution is 2.47. The van der Waals surface area contributed by atoms with Crippen LogP contribution in [0.4, 0.5) is 0 Å². The largest absolute Gasteiger partial charge is 0.350 e. The van der Waals surface area contributed by atoms with Crippen LogP contribution in [0, 0.1) is 17.8 Å². The molecular weight excluding hydrogens is 396 g/mol. The van der Waals surface area contributed by atoms with E-state index < -0.39 is 0 Å². The van der Waals surface area contributed by atoms with Gasteiger partial charge in [-0.3, -0.25) is 9.59 Å². The van der Waals surface area contributed by atoms with Gasteiger partial charge in [-0.2, -0.15) is 0 Å². The van der Waals surface area contributed by atoms with Crippen molar-refractivity contribution < 1.29 is 9.59 Å². The fourth-order valence-electron chi connectivity index (χ4n) is 7.57. The van der Waals surface area contributed by atoms with Gasteiger partial charge in [0.25, 0.3) is 0 Å². The van der Waals surface area contributed by atoms with E-state index in [1.54, 1.807) is 0 Å². The van der Waals surface area contributed by atoms with Crippen LogP contribution in [0.25, 0.3) is 10.8 Å². The summed E-state index contributed by atoms with van der Waals surface area (Å²) in [6.07, 6.45) is 9.96. The normalized spacial score (nSPS) is 33.5. The van der Waals surface area contributed by atoms with Gasteiger partial charge in [-0.1, -0.05) is 42.5 Å². The van der Waals surface area contributed by atoms with Crippen molar-refractivity contribution in [3.63, 3.8) is 0 Å². The molecule has 1 N–H and O–H groups in total. The van der Waals surface area contributed by atoms with Crippen LogP contribution in [0.3, 0.4) is 0 Å². The van der Waals surface area contributed by atoms with Gasteiger partial charge in [0.05, 0.1) is 0 Å². The summed E-state index contributed by atoms with van der Waals surface area (Å²) in [5.74, 6) is 2.86. The molecule has 2 amide bonds. The van der Waals surface area contributed by atoms with E-state index in [1.807, 2.05) is 0 Å². The second-order valence-corrected chi connectivity index (χ2v) is 11.1. The maximum absolute atomic E-state index is 13.5. The molecule has 168 valence electrons. The fraction of sp³-hybridized carbons (Fsp3) is 0.571. The van der Waals surface area contributed by atoms with Crippen molar-refractivity contribution in [2.75, 3.05) is 6.54 Å². The lowest BCUT2D eigenvalue weighted by Crippen LogP contribution is -2.46. The first-order chi connectivity index (χ1) is 15.6. The van der Waals surface area contributed by atoms with Gasteiger partial charge in [0.15, 0.2) is 0 Å². The summed E-state index contributed by atoms with van der Waals surface area (Å²) in [5.41, 5.74) is 0.961. The Morgan fingerprint density at radius 1 is 0.969 bits per heavy atom. The Bertz CT molecular complexity index is 1030. The van der Waals surface area contributed by atoms with Crippen molar-refractivity contribution in [1.29, 1.82) is 0 Å². The first-order valence-electron chi connectivity index (χ1n) is 12.6. The molecule has 0 aromatic heterocycles. The Kier molecular flexibility index (Phi) is 5.00. The molecule has 2 aromatic rings. The molecule has 3 aliphatic heterocycles. The first-order valence-corrected chi connectivity index (χ1v) is 12.6. The number of nitrogens with zero attached hydrogens (tertiary/aromatic N) is 1. The van der Waals surface area contributed by atoms with Crippen molar-refractivity contribution in [1.82, 2.24) is 10.2 Å². The van der Waals surface area contributed by atoms with E-state index in [2.05, 4.69) is 52.7 Å². The van der Waals surface area contributed by atoms with Crippen molar-refractivity contribution in [3.8, 4) is 0 Å². The van der Waals surface area contributed by atoms with Gasteiger partial charge in [0, 0.05) is 31.0 Å². The standard InChI is InChI=1S/C28H34N2O2/c31-26-8-10-28(29-26,17-23-6-3-5-22-4-1-2-7-25(22)23)11-9-27(32)30-18-21-13-19-12-20(14-21)16-24(30)15-19/h1-7,19-21,24H,8-18H2,(H,29,31)/t19-,20+,21?,24?,28-/m0/s1. The third kappa shape index (κ3) is 3.72. The van der Waals surface area contributed by atoms with Gasteiger partial charge in [0.2, 0.25) is 11.8 Å². The first kappa shape index (κ1) is 20.3. The predicted molar refractivity (Wildman–Crippen MR) is 126 cm³/mol. The third-order valence-electron chi connectivity index (χ3n) is 8.89. The van der Waals surface area contributed by atoms with Crippen LogP contribution >= 0.6 is 0 Å². The Hall–Kier alpha value is -2.36. The number of hydrogen-bond donors (Lipinski definition) is 1. The van der Waals surface area contributed by atoms with Gasteiger partial charge in [-0.05, 0) is 85.5 Å². The summed E-state index contributed by atoms with van der Waals surface area (Å²) in [5, 5.41) is 5.79. The van der Waals surface area contributed by atoms with Crippen LogP contribution in [-0.2, 0) is 16.0 Å². The smallest absolute Gasteiger partial charge is 0.222 e. The zero-order chi connectivity index (χ0) is 21.7. The van der Waals surface area contributed by atoms with Gasteiger partial charge in [0.1, 0.15) is 0 Å². The molecule has 32 heavy (non-hydrogen) atoms. The van der Waals surface area contributed by atoms with Gasteiger partial charge in [-0.15, -0.1) is 0 Å². The third-order valence-corrected chi connectivity index (χ3v) is 8.89. The Morgan fingerprint density at radius 2 is 1.72 bits per heavy atom. The maximum atomic E-state index is 13.5. The minimum absolute atomic E-state index is 0.128. The lowest BCUT2D eigenvalue weighted by Gasteiger charge is -2.39. The molecule has 3 heterocycles. The molecule has 3 saturated heterocycles. The maximum Gasteiger partial charge on any atom is 0.222 e. The quantitative estimate of drug-likeness (QED) is 0.737. The van der Waals surface area contributed by atoms with Crippen LogP contribution in [0.5, 0.6) is 0 Å². The molecule has 0 spiro atoms. The number of nitrogens with one attached hydrogen (secondary N) is 1. The molecule has 0 radical (unpaired) electrons. The molecule has 4 heteroatoms. The van der Waals surface area contributed by atoms with Crippen LogP contribution in [0.2, 0.25) is 0 Å². The Labute approximate surface area is 190 Å². The van der Waals surface area contributed by atoms with E-state index >= 15 is 0 Å². The molecule has 5 fully saturated rings. The summed E-state index contributed by atoms with van der Waals surface area (Å²) >= 11 is 0. The van der Waals surface area contributed by atoms with Gasteiger partial charge >= 0.3 is 0 Å². The summed E-state index contributed by atoms with van der Waals surface area (Å²) in [6.45, 7) is 0.971. The zero-order valence-corrected chi connectivity index (χ0v) is 18.9. The van der Waals surface area contributed by atoms with Gasteiger partial charge in [-0.25, -0.2) is 0 Å². The van der Waals surface area contributed by atoms with E-state index in [4.69, 9.17) is 0 Å². The van der Waals surface area contributed by atoms with Crippen molar-refractivity contribution in [2.24, 2.45) is 17.8 Å². The number of rotatable bonds is 5. The zero-order valence-electron chi connectivity index (χ0n) is 18.9. The Balaban J connectivity index is 1.20. The summed E-state index contributed by atoms with van der Waals surface area (Å²) in [7, 11) is 0. The van der Waals surface area contributed by atoms with E-state index in [0.29, 0.717) is 30.7 Å². The van der Waals surface area contributed by atoms with E-state index in [9.17, 15) is 9.59 Å². The number of benzene rings is 2. The van der Waals surface area contributed by atoms with Crippen molar-refractivity contribution >= 4 is 22.6 Å². The Morgan fingerprint density at radius 3 is 2.50 bits per heavy atom. The van der Waals surface area contributed by atoms with Crippen molar-refractivity contribution in [3.05, 3.63) is 48.0 Å². The average Bonchev–Trinajstić information content (AvgIpc) is 3.04. The van der Waals surface area contributed by atoms with E-state index in [-0.39, 0.29) is 11.4 Å². The summed E-state index contributed by atoms with van der Waals surface area (Å²) < 4.78 is 0. The van der Waals surface area contributed by atoms with Crippen molar-refractivity contribution in [2.45, 2.75) is 75.8 Å². The summed E-state index contributed by atoms with van der Waals surface area (Å²) in [4.78, 5) is 28.0. The molecule has 5 atom stereocenters. The number of carbonyl (C=O) groups is 2. The lowest BCUT2D eigenvalue weighted by atomic mass is 9.68. The monoisotopic (exact) mass is 430 g/mol. The molecule has 2 unspecified atom stereocenters. The fourth-order valence-corrected chi connectivity index (χ4v) is 7.57.